The summed E-state index contributed by atoms with van der Waals surface area (Å²) in [4.78, 5) is 21.5. The van der Waals surface area contributed by atoms with Crippen LogP contribution in [0, 0.1) is 5.82 Å². The van der Waals surface area contributed by atoms with Gasteiger partial charge in [0.25, 0.3) is 5.56 Å². The minimum absolute atomic E-state index is 0.111. The number of halogens is 1. The Bertz CT molecular complexity index is 1170. The topological polar surface area (TPSA) is 49.0 Å². The molecule has 0 saturated heterocycles. The molecule has 5 heteroatoms. The van der Waals surface area contributed by atoms with Gasteiger partial charge < -0.3 is 4.98 Å². The van der Waals surface area contributed by atoms with Gasteiger partial charge in [0.2, 0.25) is 0 Å². The fraction of sp³-hybridized carbons (Fsp3) is 0.130. The first-order chi connectivity index (χ1) is 13.6. The summed E-state index contributed by atoms with van der Waals surface area (Å²) in [5, 5.41) is 1.10. The van der Waals surface area contributed by atoms with Crippen LogP contribution >= 0.6 is 0 Å². The quantitative estimate of drug-likeness (QED) is 0.565. The lowest BCUT2D eigenvalue weighted by molar-refractivity contribution is 0.318. The van der Waals surface area contributed by atoms with Crippen LogP contribution in [0.3, 0.4) is 0 Å². The summed E-state index contributed by atoms with van der Waals surface area (Å²) in [5.74, 6) is -0.279. The number of nitrogens with one attached hydrogen (secondary N) is 1. The highest BCUT2D eigenvalue weighted by Gasteiger charge is 2.08. The highest BCUT2D eigenvalue weighted by Crippen LogP contribution is 2.20. The average molecular weight is 373 g/mol. The van der Waals surface area contributed by atoms with Gasteiger partial charge in [0.05, 0.1) is 5.52 Å². The SMILES string of the molecule is CN(Cc1ccc2ncccc2c1)Cc1cc(-c2ccc(F)cc2)c[nH]c1=O. The van der Waals surface area contributed by atoms with Gasteiger partial charge in [-0.3, -0.25) is 14.7 Å². The summed E-state index contributed by atoms with van der Waals surface area (Å²) in [6.45, 7) is 1.22. The molecule has 1 N–H and O–H groups in total. The fourth-order valence-electron chi connectivity index (χ4n) is 3.34. The molecule has 4 rings (SSSR count). The predicted octanol–water partition coefficient (Wildman–Crippen LogP) is 4.36. The van der Waals surface area contributed by atoms with Gasteiger partial charge in [-0.1, -0.05) is 24.3 Å². The molecule has 2 heterocycles. The number of aromatic amines is 1. The lowest BCUT2D eigenvalue weighted by atomic mass is 10.1. The normalized spacial score (nSPS) is 11.2. The lowest BCUT2D eigenvalue weighted by Gasteiger charge is -2.17. The molecule has 0 spiro atoms. The van der Waals surface area contributed by atoms with E-state index >= 15 is 0 Å². The van der Waals surface area contributed by atoms with Gasteiger partial charge in [-0.05, 0) is 60.1 Å². The molecule has 4 nitrogen and oxygen atoms in total. The lowest BCUT2D eigenvalue weighted by Crippen LogP contribution is -2.23. The molecule has 0 atom stereocenters. The van der Waals surface area contributed by atoms with Crippen LogP contribution in [0.4, 0.5) is 4.39 Å². The van der Waals surface area contributed by atoms with Crippen molar-refractivity contribution in [3.63, 3.8) is 0 Å². The van der Waals surface area contributed by atoms with E-state index in [2.05, 4.69) is 27.0 Å². The molecular formula is C23H20FN3O. The number of benzene rings is 2. The molecule has 0 aliphatic heterocycles. The summed E-state index contributed by atoms with van der Waals surface area (Å²) in [5.41, 5.74) is 4.42. The van der Waals surface area contributed by atoms with E-state index in [-0.39, 0.29) is 11.4 Å². The van der Waals surface area contributed by atoms with E-state index < -0.39 is 0 Å². The number of fused-ring (bicyclic) bond motifs is 1. The van der Waals surface area contributed by atoms with E-state index in [0.717, 1.165) is 27.6 Å². The van der Waals surface area contributed by atoms with Crippen LogP contribution in [0.15, 0.2) is 77.9 Å². The van der Waals surface area contributed by atoms with Crippen molar-refractivity contribution < 1.29 is 4.39 Å². The molecule has 2 aromatic carbocycles. The smallest absolute Gasteiger partial charge is 0.252 e. The zero-order valence-corrected chi connectivity index (χ0v) is 15.5. The molecule has 140 valence electrons. The highest BCUT2D eigenvalue weighted by atomic mass is 19.1. The fourth-order valence-corrected chi connectivity index (χ4v) is 3.34. The highest BCUT2D eigenvalue weighted by molar-refractivity contribution is 5.78. The molecular weight excluding hydrogens is 353 g/mol. The van der Waals surface area contributed by atoms with Crippen molar-refractivity contribution in [1.29, 1.82) is 0 Å². The summed E-state index contributed by atoms with van der Waals surface area (Å²) >= 11 is 0. The Kier molecular flexibility index (Phi) is 5.00. The Hall–Kier alpha value is -3.31. The van der Waals surface area contributed by atoms with Gasteiger partial charge in [-0.2, -0.15) is 0 Å². The average Bonchev–Trinajstić information content (AvgIpc) is 2.70. The molecule has 0 aliphatic rings. The summed E-state index contributed by atoms with van der Waals surface area (Å²) < 4.78 is 13.2. The van der Waals surface area contributed by atoms with Gasteiger partial charge in [0.15, 0.2) is 0 Å². The van der Waals surface area contributed by atoms with Crippen LogP contribution in [0.5, 0.6) is 0 Å². The Morgan fingerprint density at radius 3 is 2.64 bits per heavy atom. The van der Waals surface area contributed by atoms with Crippen LogP contribution < -0.4 is 5.56 Å². The second-order valence-electron chi connectivity index (χ2n) is 6.95. The number of H-pyrrole nitrogens is 1. The monoisotopic (exact) mass is 373 g/mol. The minimum atomic E-state index is -0.279. The number of hydrogen-bond donors (Lipinski definition) is 1. The molecule has 0 aliphatic carbocycles. The predicted molar refractivity (Wildman–Crippen MR) is 109 cm³/mol. The zero-order chi connectivity index (χ0) is 19.5. The van der Waals surface area contributed by atoms with Crippen molar-refractivity contribution in [2.75, 3.05) is 7.05 Å². The van der Waals surface area contributed by atoms with E-state index in [1.54, 1.807) is 24.5 Å². The van der Waals surface area contributed by atoms with E-state index in [9.17, 15) is 9.18 Å². The van der Waals surface area contributed by atoms with Crippen molar-refractivity contribution in [2.24, 2.45) is 0 Å². The molecule has 4 aromatic rings. The molecule has 0 unspecified atom stereocenters. The molecule has 0 amide bonds. The number of aromatic nitrogens is 2. The first kappa shape index (κ1) is 18.1. The largest absolute Gasteiger partial charge is 0.328 e. The van der Waals surface area contributed by atoms with Gasteiger partial charge in [-0.25, -0.2) is 4.39 Å². The summed E-state index contributed by atoms with van der Waals surface area (Å²) in [6.07, 6.45) is 3.45. The molecule has 2 aromatic heterocycles. The third-order valence-corrected chi connectivity index (χ3v) is 4.72. The summed E-state index contributed by atoms with van der Waals surface area (Å²) in [7, 11) is 1.98. The Morgan fingerprint density at radius 2 is 1.82 bits per heavy atom. The first-order valence-corrected chi connectivity index (χ1v) is 9.08. The van der Waals surface area contributed by atoms with Crippen LogP contribution in [-0.2, 0) is 13.1 Å². The Balaban J connectivity index is 1.53. The third-order valence-electron chi connectivity index (χ3n) is 4.72. The van der Waals surface area contributed by atoms with Crippen LogP contribution in [-0.4, -0.2) is 21.9 Å². The maximum atomic E-state index is 13.2. The Morgan fingerprint density at radius 1 is 1.00 bits per heavy atom. The number of pyridine rings is 2. The first-order valence-electron chi connectivity index (χ1n) is 9.08. The van der Waals surface area contributed by atoms with Gasteiger partial charge in [0, 0.05) is 36.4 Å². The third kappa shape index (κ3) is 4.00. The molecule has 28 heavy (non-hydrogen) atoms. The molecule has 0 radical (unpaired) electrons. The zero-order valence-electron chi connectivity index (χ0n) is 15.5. The number of nitrogens with zero attached hydrogens (tertiary/aromatic N) is 2. The van der Waals surface area contributed by atoms with Crippen LogP contribution in [0.2, 0.25) is 0 Å². The van der Waals surface area contributed by atoms with Crippen molar-refractivity contribution in [3.05, 3.63) is 100 Å². The minimum Gasteiger partial charge on any atom is -0.328 e. The van der Waals surface area contributed by atoms with Crippen molar-refractivity contribution >= 4 is 10.9 Å². The van der Waals surface area contributed by atoms with Crippen molar-refractivity contribution in [3.8, 4) is 11.1 Å². The van der Waals surface area contributed by atoms with Gasteiger partial charge in [-0.15, -0.1) is 0 Å². The number of hydrogen-bond acceptors (Lipinski definition) is 3. The van der Waals surface area contributed by atoms with Crippen molar-refractivity contribution in [1.82, 2.24) is 14.9 Å². The maximum Gasteiger partial charge on any atom is 0.252 e. The van der Waals surface area contributed by atoms with E-state index in [4.69, 9.17) is 0 Å². The number of rotatable bonds is 5. The molecule has 0 fully saturated rings. The summed E-state index contributed by atoms with van der Waals surface area (Å²) in [6, 6.07) is 18.3. The van der Waals surface area contributed by atoms with Crippen LogP contribution in [0.1, 0.15) is 11.1 Å². The maximum absolute atomic E-state index is 13.2. The Labute approximate surface area is 162 Å². The van der Waals surface area contributed by atoms with Gasteiger partial charge >= 0.3 is 0 Å². The van der Waals surface area contributed by atoms with Crippen molar-refractivity contribution in [2.45, 2.75) is 13.1 Å². The van der Waals surface area contributed by atoms with E-state index in [0.29, 0.717) is 18.7 Å². The van der Waals surface area contributed by atoms with E-state index in [1.807, 2.05) is 31.3 Å². The second kappa shape index (κ2) is 7.74. The molecule has 0 saturated carbocycles. The van der Waals surface area contributed by atoms with Crippen LogP contribution in [0.25, 0.3) is 22.0 Å². The molecule has 0 bridgehead atoms. The van der Waals surface area contributed by atoms with Gasteiger partial charge in [0.1, 0.15) is 5.82 Å². The second-order valence-corrected chi connectivity index (χ2v) is 6.95. The standard InChI is InChI=1S/C23H20FN3O/c1-27(14-16-4-9-22-18(11-16)3-2-10-25-22)15-20-12-19(13-26-23(20)28)17-5-7-21(24)8-6-17/h2-13H,14-15H2,1H3,(H,26,28). The van der Waals surface area contributed by atoms with E-state index in [1.165, 1.54) is 12.1 Å².